The Morgan fingerprint density at radius 1 is 0.914 bits per heavy atom. The molecule has 1 atom stereocenters. The van der Waals surface area contributed by atoms with Gasteiger partial charge in [-0.2, -0.15) is 0 Å². The fraction of sp³-hybridized carbons (Fsp3) is 0.240. The van der Waals surface area contributed by atoms with Gasteiger partial charge in [0.25, 0.3) is 10.0 Å². The monoisotopic (exact) mass is 518 g/mol. The highest BCUT2D eigenvalue weighted by atomic mass is 35.5. The predicted octanol–water partition coefficient (Wildman–Crippen LogP) is 4.44. The molecule has 0 radical (unpaired) electrons. The van der Waals surface area contributed by atoms with Gasteiger partial charge < -0.3 is 19.5 Å². The number of nitrogens with zero attached hydrogens (tertiary/aromatic N) is 1. The molecule has 3 rings (SSSR count). The Balaban J connectivity index is 2.03. The second-order valence-corrected chi connectivity index (χ2v) is 9.84. The lowest BCUT2D eigenvalue weighted by molar-refractivity contribution is -0.120. The Morgan fingerprint density at radius 2 is 1.54 bits per heavy atom. The minimum Gasteiger partial charge on any atom is -0.495 e. The molecule has 1 amide bonds. The lowest BCUT2D eigenvalue weighted by atomic mass is 10.1. The highest BCUT2D eigenvalue weighted by Crippen LogP contribution is 2.37. The summed E-state index contributed by atoms with van der Waals surface area (Å²) < 4.78 is 44.5. The SMILES string of the molecule is COc1ccc(S(=O)(=O)N(CC(=O)N[C@@H](C)c2ccccc2)c2cc(Cl)ccc2OC)cc1OC. The van der Waals surface area contributed by atoms with Gasteiger partial charge in [0.1, 0.15) is 12.3 Å². The average Bonchev–Trinajstić information content (AvgIpc) is 2.87. The van der Waals surface area contributed by atoms with Crippen LogP contribution in [0.15, 0.2) is 71.6 Å². The molecule has 0 aliphatic heterocycles. The van der Waals surface area contributed by atoms with Crippen LogP contribution in [0.4, 0.5) is 5.69 Å². The molecule has 3 aromatic carbocycles. The summed E-state index contributed by atoms with van der Waals surface area (Å²) in [6.45, 7) is 1.31. The van der Waals surface area contributed by atoms with Gasteiger partial charge in [0.2, 0.25) is 5.91 Å². The van der Waals surface area contributed by atoms with Gasteiger partial charge in [0, 0.05) is 11.1 Å². The molecule has 0 bridgehead atoms. The van der Waals surface area contributed by atoms with Gasteiger partial charge in [-0.3, -0.25) is 9.10 Å². The van der Waals surface area contributed by atoms with Crippen LogP contribution in [0.5, 0.6) is 17.2 Å². The number of amides is 1. The van der Waals surface area contributed by atoms with Crippen LogP contribution in [0, 0.1) is 0 Å². The molecule has 10 heteroatoms. The van der Waals surface area contributed by atoms with Crippen molar-refractivity contribution in [3.05, 3.63) is 77.3 Å². The highest BCUT2D eigenvalue weighted by molar-refractivity contribution is 7.92. The van der Waals surface area contributed by atoms with E-state index in [2.05, 4.69) is 5.32 Å². The smallest absolute Gasteiger partial charge is 0.265 e. The van der Waals surface area contributed by atoms with Gasteiger partial charge in [0.15, 0.2) is 11.5 Å². The topological polar surface area (TPSA) is 94.2 Å². The Labute approximate surface area is 210 Å². The van der Waals surface area contributed by atoms with E-state index in [4.69, 9.17) is 25.8 Å². The lowest BCUT2D eigenvalue weighted by Gasteiger charge is -2.27. The maximum Gasteiger partial charge on any atom is 0.265 e. The number of anilines is 1. The zero-order chi connectivity index (χ0) is 25.6. The maximum absolute atomic E-state index is 13.8. The van der Waals surface area contributed by atoms with E-state index in [1.807, 2.05) is 37.3 Å². The predicted molar refractivity (Wildman–Crippen MR) is 135 cm³/mol. The molecular formula is C25H27ClN2O6S. The van der Waals surface area contributed by atoms with Crippen LogP contribution in [-0.4, -0.2) is 42.2 Å². The van der Waals surface area contributed by atoms with Crippen molar-refractivity contribution in [1.82, 2.24) is 5.32 Å². The second kappa shape index (κ2) is 11.3. The number of carbonyl (C=O) groups excluding carboxylic acids is 1. The quantitative estimate of drug-likeness (QED) is 0.426. The molecule has 0 aliphatic carbocycles. The first-order chi connectivity index (χ1) is 16.7. The summed E-state index contributed by atoms with van der Waals surface area (Å²) in [5.41, 5.74) is 1.01. The van der Waals surface area contributed by atoms with E-state index in [1.54, 1.807) is 12.1 Å². The van der Waals surface area contributed by atoms with Crippen LogP contribution in [-0.2, 0) is 14.8 Å². The number of hydrogen-bond donors (Lipinski definition) is 1. The van der Waals surface area contributed by atoms with E-state index in [0.717, 1.165) is 9.87 Å². The molecule has 0 aliphatic rings. The van der Waals surface area contributed by atoms with Crippen molar-refractivity contribution in [2.24, 2.45) is 0 Å². The summed E-state index contributed by atoms with van der Waals surface area (Å²) in [5, 5.41) is 3.13. The normalized spacial score (nSPS) is 11.9. The van der Waals surface area contributed by atoms with Gasteiger partial charge in [-0.15, -0.1) is 0 Å². The number of rotatable bonds is 10. The summed E-state index contributed by atoms with van der Waals surface area (Å²) in [6, 6.07) is 17.8. The molecule has 186 valence electrons. The van der Waals surface area contributed by atoms with Gasteiger partial charge in [0.05, 0.1) is 38.0 Å². The van der Waals surface area contributed by atoms with Crippen LogP contribution >= 0.6 is 11.6 Å². The fourth-order valence-electron chi connectivity index (χ4n) is 3.50. The summed E-state index contributed by atoms with van der Waals surface area (Å²) in [4.78, 5) is 13.0. The molecule has 0 fully saturated rings. The molecule has 0 heterocycles. The minimum absolute atomic E-state index is 0.0962. The number of carbonyl (C=O) groups is 1. The van der Waals surface area contributed by atoms with Crippen LogP contribution in [0.25, 0.3) is 0 Å². The van der Waals surface area contributed by atoms with Gasteiger partial charge >= 0.3 is 0 Å². The molecule has 0 spiro atoms. The first kappa shape index (κ1) is 26.2. The molecule has 35 heavy (non-hydrogen) atoms. The number of halogens is 1. The Bertz CT molecular complexity index is 1280. The van der Waals surface area contributed by atoms with E-state index in [0.29, 0.717) is 5.75 Å². The van der Waals surface area contributed by atoms with Crippen molar-refractivity contribution in [3.8, 4) is 17.2 Å². The van der Waals surface area contributed by atoms with Crippen molar-refractivity contribution in [3.63, 3.8) is 0 Å². The van der Waals surface area contributed by atoms with Crippen LogP contribution in [0.2, 0.25) is 5.02 Å². The molecule has 0 aromatic heterocycles. The third-order valence-electron chi connectivity index (χ3n) is 5.32. The third-order valence-corrected chi connectivity index (χ3v) is 7.31. The standard InChI is InChI=1S/C25H27ClN2O6S/c1-17(18-8-6-5-7-9-18)27-25(29)16-28(21-14-19(26)10-12-22(21)32-2)35(30,31)20-11-13-23(33-3)24(15-20)34-4/h5-15,17H,16H2,1-4H3,(H,27,29)/t17-/m0/s1. The van der Waals surface area contributed by atoms with Crippen LogP contribution in [0.3, 0.4) is 0 Å². The van der Waals surface area contributed by atoms with Gasteiger partial charge in [-0.1, -0.05) is 41.9 Å². The van der Waals surface area contributed by atoms with Crippen molar-refractivity contribution in [2.45, 2.75) is 17.9 Å². The van der Waals surface area contributed by atoms with E-state index in [1.165, 1.54) is 45.6 Å². The number of benzene rings is 3. The fourth-order valence-corrected chi connectivity index (χ4v) is 5.11. The largest absolute Gasteiger partial charge is 0.495 e. The summed E-state index contributed by atoms with van der Waals surface area (Å²) in [6.07, 6.45) is 0. The molecule has 1 N–H and O–H groups in total. The molecule has 8 nitrogen and oxygen atoms in total. The average molecular weight is 519 g/mol. The highest BCUT2D eigenvalue weighted by Gasteiger charge is 2.31. The third kappa shape index (κ3) is 5.98. The molecule has 0 unspecified atom stereocenters. The van der Waals surface area contributed by atoms with Crippen molar-refractivity contribution >= 4 is 33.2 Å². The van der Waals surface area contributed by atoms with Crippen molar-refractivity contribution in [1.29, 1.82) is 0 Å². The molecule has 0 saturated heterocycles. The second-order valence-electron chi connectivity index (χ2n) is 7.54. The number of methoxy groups -OCH3 is 3. The molecule has 0 saturated carbocycles. The summed E-state index contributed by atoms with van der Waals surface area (Å²) in [5.74, 6) is 0.330. The first-order valence-electron chi connectivity index (χ1n) is 10.6. The number of ether oxygens (including phenoxy) is 3. The van der Waals surface area contributed by atoms with E-state index < -0.39 is 22.5 Å². The van der Waals surface area contributed by atoms with E-state index in [9.17, 15) is 13.2 Å². The Hall–Kier alpha value is -3.43. The zero-order valence-corrected chi connectivity index (χ0v) is 21.4. The number of hydrogen-bond acceptors (Lipinski definition) is 6. The van der Waals surface area contributed by atoms with E-state index in [-0.39, 0.29) is 33.1 Å². The molecule has 3 aromatic rings. The van der Waals surface area contributed by atoms with Crippen LogP contribution in [0.1, 0.15) is 18.5 Å². The molecular weight excluding hydrogens is 492 g/mol. The summed E-state index contributed by atoms with van der Waals surface area (Å²) in [7, 11) is 0.00896. The lowest BCUT2D eigenvalue weighted by Crippen LogP contribution is -2.41. The van der Waals surface area contributed by atoms with Crippen molar-refractivity contribution < 1.29 is 27.4 Å². The van der Waals surface area contributed by atoms with E-state index >= 15 is 0 Å². The minimum atomic E-state index is -4.26. The van der Waals surface area contributed by atoms with Gasteiger partial charge in [-0.05, 0) is 42.8 Å². The van der Waals surface area contributed by atoms with Gasteiger partial charge in [-0.25, -0.2) is 8.42 Å². The zero-order valence-electron chi connectivity index (χ0n) is 19.8. The number of sulfonamides is 1. The van der Waals surface area contributed by atoms with Crippen LogP contribution < -0.4 is 23.8 Å². The first-order valence-corrected chi connectivity index (χ1v) is 12.5. The Morgan fingerprint density at radius 3 is 2.17 bits per heavy atom. The number of nitrogens with one attached hydrogen (secondary N) is 1. The maximum atomic E-state index is 13.8. The van der Waals surface area contributed by atoms with Crippen molar-refractivity contribution in [2.75, 3.05) is 32.2 Å². The Kier molecular flexibility index (Phi) is 8.48. The summed E-state index contributed by atoms with van der Waals surface area (Å²) >= 11 is 6.19.